The minimum absolute atomic E-state index is 0.0170. The van der Waals surface area contributed by atoms with Gasteiger partial charge in [0, 0.05) is 47.7 Å². The number of anilines is 1. The van der Waals surface area contributed by atoms with Crippen LogP contribution in [0, 0.1) is 23.6 Å². The topological polar surface area (TPSA) is 127 Å². The Morgan fingerprint density at radius 1 is 1.07 bits per heavy atom. The molecular formula is C29H28F4N4O5S. The first kappa shape index (κ1) is 30.4. The Morgan fingerprint density at radius 3 is 2.42 bits per heavy atom. The molecule has 43 heavy (non-hydrogen) atoms. The zero-order valence-electron chi connectivity index (χ0n) is 23.1. The third-order valence-corrected chi connectivity index (χ3v) is 9.58. The van der Waals surface area contributed by atoms with Crippen LogP contribution in [0.2, 0.25) is 0 Å². The van der Waals surface area contributed by atoms with Crippen LogP contribution >= 0.6 is 0 Å². The standard InChI is InChI=1S/C29H28F4N4O5S/c1-3-24-34-13-17(14-35-24)20-11-21(23(42-2)12-22(20)30)27(38)37-26-16-8-7-15(9-16)25(26)28(39)36-18-5-4-6-19(10-18)43(40,41)29(31,32)33/h4-6,10-16,25-26H,3,7-9H2,1-2H3,(H,36,39)(H,37,38)/t15-,16+,25+,26-/m1/s1. The zero-order valence-corrected chi connectivity index (χ0v) is 23.9. The van der Waals surface area contributed by atoms with E-state index in [0.29, 0.717) is 24.2 Å². The van der Waals surface area contributed by atoms with Gasteiger partial charge in [-0.1, -0.05) is 13.0 Å². The van der Waals surface area contributed by atoms with Crippen molar-refractivity contribution < 1.29 is 40.3 Å². The SMILES string of the molecule is CCc1ncc(-c2cc(C(=O)N[C@@H]3[C@H]4CC[C@H](C4)[C@@H]3C(=O)Nc3cccc(S(=O)(=O)C(F)(F)F)c3)c(OC)cc2F)cn1. The molecule has 5 rings (SSSR count). The first-order chi connectivity index (χ1) is 20.3. The highest BCUT2D eigenvalue weighted by Crippen LogP contribution is 2.49. The van der Waals surface area contributed by atoms with Gasteiger partial charge in [0.15, 0.2) is 0 Å². The number of carbonyl (C=O) groups is 2. The first-order valence-corrected chi connectivity index (χ1v) is 15.0. The molecule has 2 aliphatic rings. The van der Waals surface area contributed by atoms with Gasteiger partial charge in [0.25, 0.3) is 15.7 Å². The van der Waals surface area contributed by atoms with Crippen LogP contribution in [0.15, 0.2) is 53.7 Å². The largest absolute Gasteiger partial charge is 0.501 e. The van der Waals surface area contributed by atoms with E-state index < -0.39 is 49.8 Å². The number of aromatic nitrogens is 2. The minimum atomic E-state index is -5.61. The number of halogens is 4. The maximum Gasteiger partial charge on any atom is 0.501 e. The molecular weight excluding hydrogens is 592 g/mol. The molecule has 4 atom stereocenters. The average molecular weight is 621 g/mol. The van der Waals surface area contributed by atoms with Gasteiger partial charge in [0.05, 0.1) is 23.5 Å². The van der Waals surface area contributed by atoms with Gasteiger partial charge < -0.3 is 15.4 Å². The number of nitrogens with one attached hydrogen (secondary N) is 2. The molecule has 0 unspecified atom stereocenters. The average Bonchev–Trinajstić information content (AvgIpc) is 3.58. The van der Waals surface area contributed by atoms with E-state index in [-0.39, 0.29) is 34.4 Å². The van der Waals surface area contributed by atoms with Crippen LogP contribution in [-0.2, 0) is 21.1 Å². The highest BCUT2D eigenvalue weighted by Gasteiger charge is 2.52. The monoisotopic (exact) mass is 620 g/mol. The number of ether oxygens (including phenoxy) is 1. The number of hydrogen-bond acceptors (Lipinski definition) is 7. The predicted octanol–water partition coefficient (Wildman–Crippen LogP) is 4.93. The lowest BCUT2D eigenvalue weighted by atomic mass is 9.83. The van der Waals surface area contributed by atoms with Crippen molar-refractivity contribution in [2.75, 3.05) is 12.4 Å². The molecule has 1 heterocycles. The summed E-state index contributed by atoms with van der Waals surface area (Å²) in [6.07, 6.45) is 5.64. The molecule has 2 N–H and O–H groups in total. The molecule has 0 radical (unpaired) electrons. The van der Waals surface area contributed by atoms with Gasteiger partial charge in [-0.15, -0.1) is 0 Å². The summed E-state index contributed by atoms with van der Waals surface area (Å²) in [5.41, 5.74) is -5.14. The summed E-state index contributed by atoms with van der Waals surface area (Å²) >= 11 is 0. The van der Waals surface area contributed by atoms with Crippen LogP contribution in [0.5, 0.6) is 5.75 Å². The molecule has 9 nitrogen and oxygen atoms in total. The third-order valence-electron chi connectivity index (χ3n) is 8.10. The number of sulfone groups is 1. The second-order valence-electron chi connectivity index (χ2n) is 10.6. The van der Waals surface area contributed by atoms with E-state index in [1.54, 1.807) is 0 Å². The lowest BCUT2D eigenvalue weighted by Crippen LogP contribution is -2.48. The van der Waals surface area contributed by atoms with E-state index in [9.17, 15) is 35.6 Å². The van der Waals surface area contributed by atoms with E-state index in [1.807, 2.05) is 6.92 Å². The number of amides is 2. The Bertz CT molecular complexity index is 1660. The fourth-order valence-electron chi connectivity index (χ4n) is 6.00. The van der Waals surface area contributed by atoms with Crippen molar-refractivity contribution in [2.24, 2.45) is 17.8 Å². The number of benzene rings is 2. The number of aryl methyl sites for hydroxylation is 1. The van der Waals surface area contributed by atoms with Crippen molar-refractivity contribution in [2.45, 2.75) is 49.1 Å². The van der Waals surface area contributed by atoms with Crippen molar-refractivity contribution in [1.29, 1.82) is 0 Å². The molecule has 0 spiro atoms. The van der Waals surface area contributed by atoms with E-state index in [2.05, 4.69) is 20.6 Å². The van der Waals surface area contributed by atoms with Crippen molar-refractivity contribution >= 4 is 27.3 Å². The summed E-state index contributed by atoms with van der Waals surface area (Å²) in [5.74, 6) is -2.11. The van der Waals surface area contributed by atoms with Crippen molar-refractivity contribution in [3.63, 3.8) is 0 Å². The van der Waals surface area contributed by atoms with Gasteiger partial charge in [-0.3, -0.25) is 9.59 Å². The van der Waals surface area contributed by atoms with E-state index in [0.717, 1.165) is 37.1 Å². The van der Waals surface area contributed by atoms with Gasteiger partial charge in [-0.05, 0) is 55.4 Å². The third kappa shape index (κ3) is 5.79. The van der Waals surface area contributed by atoms with Crippen molar-refractivity contribution in [3.8, 4) is 16.9 Å². The van der Waals surface area contributed by atoms with E-state index >= 15 is 0 Å². The molecule has 2 saturated carbocycles. The maximum atomic E-state index is 15.0. The number of carbonyl (C=O) groups excluding carboxylic acids is 2. The number of fused-ring (bicyclic) bond motifs is 2. The van der Waals surface area contributed by atoms with Gasteiger partial charge in [-0.25, -0.2) is 22.8 Å². The highest BCUT2D eigenvalue weighted by atomic mass is 32.2. The molecule has 0 saturated heterocycles. The lowest BCUT2D eigenvalue weighted by molar-refractivity contribution is -0.122. The molecule has 2 aromatic carbocycles. The van der Waals surface area contributed by atoms with Crippen molar-refractivity contribution in [3.05, 3.63) is 66.0 Å². The molecule has 2 amide bonds. The molecule has 1 aromatic heterocycles. The summed E-state index contributed by atoms with van der Waals surface area (Å²) in [6.45, 7) is 1.88. The Morgan fingerprint density at radius 2 is 1.77 bits per heavy atom. The number of rotatable bonds is 8. The summed E-state index contributed by atoms with van der Waals surface area (Å²) in [6, 6.07) is 5.74. The minimum Gasteiger partial charge on any atom is -0.496 e. The molecule has 2 aliphatic carbocycles. The maximum absolute atomic E-state index is 15.0. The van der Waals surface area contributed by atoms with E-state index in [4.69, 9.17) is 4.74 Å². The smallest absolute Gasteiger partial charge is 0.496 e. The highest BCUT2D eigenvalue weighted by molar-refractivity contribution is 7.92. The van der Waals surface area contributed by atoms with Crippen LogP contribution in [-0.4, -0.2) is 48.9 Å². The summed E-state index contributed by atoms with van der Waals surface area (Å²) in [4.78, 5) is 34.4. The van der Waals surface area contributed by atoms with Gasteiger partial charge in [-0.2, -0.15) is 13.2 Å². The molecule has 2 bridgehead atoms. The van der Waals surface area contributed by atoms with Crippen LogP contribution < -0.4 is 15.4 Å². The Balaban J connectivity index is 1.39. The van der Waals surface area contributed by atoms with E-state index in [1.165, 1.54) is 31.6 Å². The quantitative estimate of drug-likeness (QED) is 0.342. The summed E-state index contributed by atoms with van der Waals surface area (Å²) in [5, 5.41) is 5.45. The Labute approximate surface area is 245 Å². The molecule has 3 aromatic rings. The number of hydrogen-bond donors (Lipinski definition) is 2. The first-order valence-electron chi connectivity index (χ1n) is 13.6. The fourth-order valence-corrected chi connectivity index (χ4v) is 6.81. The normalized spacial score (nSPS) is 21.4. The second-order valence-corrected chi connectivity index (χ2v) is 12.5. The van der Waals surface area contributed by atoms with Gasteiger partial charge in [0.2, 0.25) is 5.91 Å². The predicted molar refractivity (Wildman–Crippen MR) is 147 cm³/mol. The second kappa shape index (κ2) is 11.5. The van der Waals surface area contributed by atoms with Crippen LogP contribution in [0.4, 0.5) is 23.2 Å². The number of alkyl halides is 3. The molecule has 0 aliphatic heterocycles. The van der Waals surface area contributed by atoms with Crippen molar-refractivity contribution in [1.82, 2.24) is 15.3 Å². The number of methoxy groups -OCH3 is 1. The Hall–Kier alpha value is -4.07. The molecule has 14 heteroatoms. The molecule has 2 fully saturated rings. The van der Waals surface area contributed by atoms with Gasteiger partial charge in [0.1, 0.15) is 17.4 Å². The summed E-state index contributed by atoms with van der Waals surface area (Å²) < 4.78 is 83.1. The van der Waals surface area contributed by atoms with Crippen LogP contribution in [0.3, 0.4) is 0 Å². The Kier molecular flexibility index (Phi) is 8.16. The van der Waals surface area contributed by atoms with Crippen LogP contribution in [0.25, 0.3) is 11.1 Å². The number of nitrogens with zero attached hydrogens (tertiary/aromatic N) is 2. The zero-order chi connectivity index (χ0) is 31.1. The summed E-state index contributed by atoms with van der Waals surface area (Å²) in [7, 11) is -4.31. The van der Waals surface area contributed by atoms with Crippen LogP contribution in [0.1, 0.15) is 42.4 Å². The molecule has 228 valence electrons. The van der Waals surface area contributed by atoms with Gasteiger partial charge >= 0.3 is 5.51 Å². The fraction of sp³-hybridized carbons (Fsp3) is 0.379. The lowest BCUT2D eigenvalue weighted by Gasteiger charge is -2.31.